The number of carbonyl (C=O) groups excluding carboxylic acids is 1. The minimum atomic E-state index is -3.74. The van der Waals surface area contributed by atoms with Crippen LogP contribution in [0, 0.1) is 11.7 Å². The number of hydrogen-bond acceptors (Lipinski definition) is 4. The van der Waals surface area contributed by atoms with Gasteiger partial charge in [0.25, 0.3) is 0 Å². The van der Waals surface area contributed by atoms with Crippen molar-refractivity contribution >= 4 is 15.9 Å². The number of piperidine rings is 1. The summed E-state index contributed by atoms with van der Waals surface area (Å²) in [5.74, 6) is -1.09. The first-order valence-corrected chi connectivity index (χ1v) is 9.84. The molecule has 0 saturated carbocycles. The lowest BCUT2D eigenvalue weighted by atomic mass is 9.99. The molecular formula is C18H20FN3O3S. The molecule has 26 heavy (non-hydrogen) atoms. The van der Waals surface area contributed by atoms with E-state index in [1.165, 1.54) is 16.4 Å². The van der Waals surface area contributed by atoms with Crippen LogP contribution in [0.1, 0.15) is 18.5 Å². The topological polar surface area (TPSA) is 79.4 Å². The van der Waals surface area contributed by atoms with E-state index < -0.39 is 21.8 Å². The maximum atomic E-state index is 13.0. The number of rotatable bonds is 5. The minimum absolute atomic E-state index is 0.0356. The molecule has 1 aliphatic heterocycles. The van der Waals surface area contributed by atoms with Crippen molar-refractivity contribution in [3.8, 4) is 0 Å². The number of pyridine rings is 1. The molecule has 1 fully saturated rings. The molecule has 2 aromatic rings. The molecule has 1 amide bonds. The van der Waals surface area contributed by atoms with Gasteiger partial charge in [0.15, 0.2) is 0 Å². The molecular weight excluding hydrogens is 357 g/mol. The number of amides is 1. The average molecular weight is 377 g/mol. The number of nitrogens with zero attached hydrogens (tertiary/aromatic N) is 2. The van der Waals surface area contributed by atoms with Crippen LogP contribution in [0.5, 0.6) is 0 Å². The van der Waals surface area contributed by atoms with Crippen molar-refractivity contribution in [2.24, 2.45) is 5.92 Å². The zero-order chi connectivity index (χ0) is 18.6. The molecule has 1 atom stereocenters. The Morgan fingerprint density at radius 2 is 2.00 bits per heavy atom. The van der Waals surface area contributed by atoms with Crippen molar-refractivity contribution < 1.29 is 17.6 Å². The molecule has 1 aromatic heterocycles. The third kappa shape index (κ3) is 4.25. The van der Waals surface area contributed by atoms with Crippen LogP contribution in [0.15, 0.2) is 53.6 Å². The molecule has 1 aromatic carbocycles. The molecule has 0 bridgehead atoms. The first-order valence-electron chi connectivity index (χ1n) is 8.40. The summed E-state index contributed by atoms with van der Waals surface area (Å²) in [4.78, 5) is 16.6. The Balaban J connectivity index is 1.64. The highest BCUT2D eigenvalue weighted by atomic mass is 32.2. The SMILES string of the molecule is O=C(NCc1ccccn1)C1CCCN(S(=O)(=O)c2ccc(F)cc2)C1. The molecule has 1 N–H and O–H groups in total. The third-order valence-corrected chi connectivity index (χ3v) is 6.26. The van der Waals surface area contributed by atoms with Crippen molar-refractivity contribution in [1.82, 2.24) is 14.6 Å². The van der Waals surface area contributed by atoms with Gasteiger partial charge < -0.3 is 5.32 Å². The second-order valence-corrected chi connectivity index (χ2v) is 8.13. The van der Waals surface area contributed by atoms with E-state index in [2.05, 4.69) is 10.3 Å². The fraction of sp³-hybridized carbons (Fsp3) is 0.333. The third-order valence-electron chi connectivity index (χ3n) is 4.38. The summed E-state index contributed by atoms with van der Waals surface area (Å²) in [7, 11) is -3.74. The smallest absolute Gasteiger partial charge is 0.243 e. The number of sulfonamides is 1. The van der Waals surface area contributed by atoms with Crippen LogP contribution in [0.4, 0.5) is 4.39 Å². The number of halogens is 1. The summed E-state index contributed by atoms with van der Waals surface area (Å²) in [6, 6.07) is 10.2. The summed E-state index contributed by atoms with van der Waals surface area (Å²) in [5, 5.41) is 2.82. The Labute approximate surface area is 152 Å². The second-order valence-electron chi connectivity index (χ2n) is 6.20. The molecule has 2 heterocycles. The van der Waals surface area contributed by atoms with Gasteiger partial charge in [-0.05, 0) is 49.2 Å². The lowest BCUT2D eigenvalue weighted by Crippen LogP contribution is -2.45. The molecule has 3 rings (SSSR count). The van der Waals surface area contributed by atoms with E-state index in [9.17, 15) is 17.6 Å². The van der Waals surface area contributed by atoms with Crippen LogP contribution in [0.2, 0.25) is 0 Å². The standard InChI is InChI=1S/C18H20FN3O3S/c19-15-6-8-17(9-7-15)26(24,25)22-11-3-4-14(13-22)18(23)21-12-16-5-1-2-10-20-16/h1-2,5-10,14H,3-4,11-13H2,(H,21,23). The van der Waals surface area contributed by atoms with Gasteiger partial charge in [-0.15, -0.1) is 0 Å². The lowest BCUT2D eigenvalue weighted by molar-refractivity contribution is -0.126. The molecule has 8 heteroatoms. The molecule has 1 aliphatic rings. The van der Waals surface area contributed by atoms with Gasteiger partial charge in [-0.25, -0.2) is 12.8 Å². The van der Waals surface area contributed by atoms with E-state index >= 15 is 0 Å². The van der Waals surface area contributed by atoms with Gasteiger partial charge in [0.1, 0.15) is 5.82 Å². The van der Waals surface area contributed by atoms with Crippen LogP contribution in [0.25, 0.3) is 0 Å². The highest BCUT2D eigenvalue weighted by molar-refractivity contribution is 7.89. The normalized spacial score (nSPS) is 18.4. The van der Waals surface area contributed by atoms with Gasteiger partial charge in [0.05, 0.1) is 23.1 Å². The Kier molecular flexibility index (Phi) is 5.63. The Hall–Kier alpha value is -2.32. The average Bonchev–Trinajstić information content (AvgIpc) is 2.67. The summed E-state index contributed by atoms with van der Waals surface area (Å²) in [5.41, 5.74) is 0.743. The van der Waals surface area contributed by atoms with E-state index in [0.29, 0.717) is 25.9 Å². The fourth-order valence-corrected chi connectivity index (χ4v) is 4.48. The van der Waals surface area contributed by atoms with Crippen molar-refractivity contribution in [3.63, 3.8) is 0 Å². The van der Waals surface area contributed by atoms with Gasteiger partial charge in [-0.1, -0.05) is 6.07 Å². The van der Waals surface area contributed by atoms with Crippen LogP contribution in [-0.4, -0.2) is 36.7 Å². The Morgan fingerprint density at radius 1 is 1.23 bits per heavy atom. The number of benzene rings is 1. The predicted octanol–water partition coefficient (Wildman–Crippen LogP) is 1.94. The Morgan fingerprint density at radius 3 is 2.69 bits per heavy atom. The number of hydrogen-bond donors (Lipinski definition) is 1. The Bertz CT molecular complexity index is 857. The zero-order valence-electron chi connectivity index (χ0n) is 14.1. The van der Waals surface area contributed by atoms with Crippen molar-refractivity contribution in [2.45, 2.75) is 24.3 Å². The van der Waals surface area contributed by atoms with Crippen molar-refractivity contribution in [1.29, 1.82) is 0 Å². The van der Waals surface area contributed by atoms with Gasteiger partial charge in [0.2, 0.25) is 15.9 Å². The van der Waals surface area contributed by atoms with E-state index in [4.69, 9.17) is 0 Å². The first-order chi connectivity index (χ1) is 12.5. The summed E-state index contributed by atoms with van der Waals surface area (Å²) in [6.45, 7) is 0.776. The maximum Gasteiger partial charge on any atom is 0.243 e. The molecule has 0 aliphatic carbocycles. The van der Waals surface area contributed by atoms with Crippen LogP contribution in [0.3, 0.4) is 0 Å². The van der Waals surface area contributed by atoms with Crippen LogP contribution >= 0.6 is 0 Å². The van der Waals surface area contributed by atoms with E-state index in [1.54, 1.807) is 12.3 Å². The number of nitrogens with one attached hydrogen (secondary N) is 1. The van der Waals surface area contributed by atoms with Crippen molar-refractivity contribution in [2.75, 3.05) is 13.1 Å². The molecule has 0 spiro atoms. The maximum absolute atomic E-state index is 13.0. The fourth-order valence-electron chi connectivity index (χ4n) is 2.96. The molecule has 138 valence electrons. The van der Waals surface area contributed by atoms with Gasteiger partial charge in [-0.2, -0.15) is 4.31 Å². The van der Waals surface area contributed by atoms with Crippen LogP contribution < -0.4 is 5.32 Å². The monoisotopic (exact) mass is 377 g/mol. The van der Waals surface area contributed by atoms with Crippen LogP contribution in [-0.2, 0) is 21.4 Å². The van der Waals surface area contributed by atoms with E-state index in [-0.39, 0.29) is 17.3 Å². The second kappa shape index (κ2) is 7.92. The van der Waals surface area contributed by atoms with Gasteiger partial charge in [0, 0.05) is 19.3 Å². The van der Waals surface area contributed by atoms with Gasteiger partial charge in [-0.3, -0.25) is 9.78 Å². The van der Waals surface area contributed by atoms with Gasteiger partial charge >= 0.3 is 0 Å². The predicted molar refractivity (Wildman–Crippen MR) is 94.0 cm³/mol. The number of carbonyl (C=O) groups is 1. The summed E-state index contributed by atoms with van der Waals surface area (Å²) < 4.78 is 39.8. The molecule has 0 radical (unpaired) electrons. The zero-order valence-corrected chi connectivity index (χ0v) is 15.0. The molecule has 6 nitrogen and oxygen atoms in total. The highest BCUT2D eigenvalue weighted by Crippen LogP contribution is 2.24. The highest BCUT2D eigenvalue weighted by Gasteiger charge is 2.33. The largest absolute Gasteiger partial charge is 0.350 e. The summed E-state index contributed by atoms with van der Waals surface area (Å²) >= 11 is 0. The summed E-state index contributed by atoms with van der Waals surface area (Å²) in [6.07, 6.45) is 2.88. The molecule has 1 unspecified atom stereocenters. The van der Waals surface area contributed by atoms with E-state index in [1.807, 2.05) is 12.1 Å². The first kappa shape index (κ1) is 18.5. The van der Waals surface area contributed by atoms with Crippen molar-refractivity contribution in [3.05, 3.63) is 60.2 Å². The lowest BCUT2D eigenvalue weighted by Gasteiger charge is -2.31. The minimum Gasteiger partial charge on any atom is -0.350 e. The molecule has 1 saturated heterocycles. The quantitative estimate of drug-likeness (QED) is 0.864. The number of aromatic nitrogens is 1. The van der Waals surface area contributed by atoms with E-state index in [0.717, 1.165) is 17.8 Å².